The fourth-order valence-corrected chi connectivity index (χ4v) is 1.34. The average molecular weight is 297 g/mol. The van der Waals surface area contributed by atoms with E-state index in [-0.39, 0.29) is 5.54 Å². The minimum absolute atomic E-state index is 0.120. The number of benzene rings is 1. The smallest absolute Gasteiger partial charge is 0.0273 e. The van der Waals surface area contributed by atoms with Crippen molar-refractivity contribution in [1.82, 2.24) is 10.6 Å². The molecule has 1 unspecified atom stereocenters. The molecule has 2 heteroatoms. The Kier molecular flexibility index (Phi) is 20.6. The number of hydrogen-bond donors (Lipinski definition) is 2. The van der Waals surface area contributed by atoms with Crippen molar-refractivity contribution in [2.45, 2.75) is 80.4 Å². The molecule has 2 N–H and O–H groups in total. The van der Waals surface area contributed by atoms with Gasteiger partial charge in [0.2, 0.25) is 0 Å². The molecule has 0 saturated heterocycles. The molecule has 2 nitrogen and oxygen atoms in total. The minimum Gasteiger partial charge on any atom is -0.313 e. The third-order valence-electron chi connectivity index (χ3n) is 3.18. The van der Waals surface area contributed by atoms with E-state index in [2.05, 4.69) is 55.7 Å². The maximum Gasteiger partial charge on any atom is 0.0273 e. The molecule has 0 bridgehead atoms. The third-order valence-corrected chi connectivity index (χ3v) is 3.18. The van der Waals surface area contributed by atoms with Crippen molar-refractivity contribution in [3.8, 4) is 0 Å². The lowest BCUT2D eigenvalue weighted by Crippen LogP contribution is -2.52. The van der Waals surface area contributed by atoms with Crippen LogP contribution in [-0.4, -0.2) is 18.6 Å². The zero-order valence-corrected chi connectivity index (χ0v) is 16.2. The van der Waals surface area contributed by atoms with Crippen LogP contribution >= 0.6 is 0 Å². The number of likely N-dealkylation sites (N-methyl/N-ethyl adjacent to an activating group) is 1. The third kappa shape index (κ3) is 12.6. The Morgan fingerprint density at radius 2 is 1.33 bits per heavy atom. The summed E-state index contributed by atoms with van der Waals surface area (Å²) in [7, 11) is 2.00. The molecule has 0 radical (unpaired) electrons. The molecule has 1 atom stereocenters. The van der Waals surface area contributed by atoms with E-state index in [0.29, 0.717) is 6.04 Å². The zero-order chi connectivity index (χ0) is 17.3. The summed E-state index contributed by atoms with van der Waals surface area (Å²) < 4.78 is 0. The summed E-state index contributed by atoms with van der Waals surface area (Å²) in [6, 6.07) is 10.9. The molecule has 0 aliphatic carbocycles. The summed E-state index contributed by atoms with van der Waals surface area (Å²) in [5, 5.41) is 6.84. The van der Waals surface area contributed by atoms with Crippen molar-refractivity contribution < 1.29 is 0 Å². The normalized spacial score (nSPS) is 10.8. The van der Waals surface area contributed by atoms with E-state index in [0.717, 1.165) is 6.54 Å². The average Bonchev–Trinajstić information content (AvgIpc) is 2.59. The van der Waals surface area contributed by atoms with E-state index < -0.39 is 0 Å². The molecule has 21 heavy (non-hydrogen) atoms. The van der Waals surface area contributed by atoms with Crippen molar-refractivity contribution in [3.05, 3.63) is 35.9 Å². The van der Waals surface area contributed by atoms with Crippen LogP contribution in [0.4, 0.5) is 0 Å². The summed E-state index contributed by atoms with van der Waals surface area (Å²) >= 11 is 0. The van der Waals surface area contributed by atoms with E-state index in [9.17, 15) is 0 Å². The second kappa shape index (κ2) is 17.2. The van der Waals surface area contributed by atoms with Gasteiger partial charge in [-0.15, -0.1) is 0 Å². The topological polar surface area (TPSA) is 24.1 Å². The first-order chi connectivity index (χ1) is 10.1. The lowest BCUT2D eigenvalue weighted by Gasteiger charge is -2.32. The number of nitrogens with one attached hydrogen (secondary N) is 2. The summed E-state index contributed by atoms with van der Waals surface area (Å²) in [4.78, 5) is 0. The van der Waals surface area contributed by atoms with Crippen LogP contribution in [0, 0.1) is 0 Å². The van der Waals surface area contributed by atoms with E-state index in [1.165, 1.54) is 5.56 Å². The molecule has 0 amide bonds. The van der Waals surface area contributed by atoms with Crippen molar-refractivity contribution in [2.24, 2.45) is 0 Å². The second-order valence-corrected chi connectivity index (χ2v) is 4.56. The maximum atomic E-state index is 3.53. The standard InChI is InChI=1S/C13H22N2.3C2H6/c1-11(13(2,3)14-4)15-10-12-8-6-5-7-9-12;3*1-2/h5-9,11,14-15H,10H2,1-4H3;3*1-2H3. The SMILES string of the molecule is CC.CC.CC.CNC(C)(C)C(C)NCc1ccccc1. The molecule has 126 valence electrons. The number of rotatable bonds is 5. The van der Waals surface area contributed by atoms with Gasteiger partial charge in [-0.2, -0.15) is 0 Å². The van der Waals surface area contributed by atoms with Crippen LogP contribution in [0.1, 0.15) is 67.9 Å². The zero-order valence-electron chi connectivity index (χ0n) is 16.2. The molecule has 0 heterocycles. The lowest BCUT2D eigenvalue weighted by atomic mass is 9.96. The predicted octanol–water partition coefficient (Wildman–Crippen LogP) is 5.24. The van der Waals surface area contributed by atoms with Gasteiger partial charge in [0.15, 0.2) is 0 Å². The first-order valence-electron chi connectivity index (χ1n) is 8.52. The van der Waals surface area contributed by atoms with E-state index in [1.807, 2.05) is 54.7 Å². The Labute approximate surface area is 134 Å². The van der Waals surface area contributed by atoms with Gasteiger partial charge in [-0.3, -0.25) is 0 Å². The maximum absolute atomic E-state index is 3.53. The van der Waals surface area contributed by atoms with Crippen molar-refractivity contribution >= 4 is 0 Å². The summed E-state index contributed by atoms with van der Waals surface area (Å²) in [5.74, 6) is 0. The first kappa shape index (κ1) is 25.1. The molecule has 0 aliphatic rings. The highest BCUT2D eigenvalue weighted by atomic mass is 15.0. The molecule has 0 aliphatic heterocycles. The lowest BCUT2D eigenvalue weighted by molar-refractivity contribution is 0.308. The summed E-state index contributed by atoms with van der Waals surface area (Å²) in [5.41, 5.74) is 1.45. The van der Waals surface area contributed by atoms with Gasteiger partial charge in [0, 0.05) is 18.1 Å². The molecule has 0 saturated carbocycles. The van der Waals surface area contributed by atoms with Crippen LogP contribution < -0.4 is 10.6 Å². The Morgan fingerprint density at radius 1 is 0.905 bits per heavy atom. The van der Waals surface area contributed by atoms with E-state index >= 15 is 0 Å². The molecule has 0 fully saturated rings. The Bertz CT molecular complexity index is 281. The molecular formula is C19H40N2. The van der Waals surface area contributed by atoms with Gasteiger partial charge in [-0.1, -0.05) is 71.9 Å². The highest BCUT2D eigenvalue weighted by Gasteiger charge is 2.22. The Morgan fingerprint density at radius 3 is 1.71 bits per heavy atom. The molecule has 0 spiro atoms. The molecular weight excluding hydrogens is 256 g/mol. The summed E-state index contributed by atoms with van der Waals surface area (Å²) in [6.45, 7) is 19.5. The summed E-state index contributed by atoms with van der Waals surface area (Å²) in [6.07, 6.45) is 0. The van der Waals surface area contributed by atoms with Crippen molar-refractivity contribution in [1.29, 1.82) is 0 Å². The van der Waals surface area contributed by atoms with Crippen LogP contribution in [0.3, 0.4) is 0 Å². The van der Waals surface area contributed by atoms with Crippen LogP contribution in [0.2, 0.25) is 0 Å². The van der Waals surface area contributed by atoms with Gasteiger partial charge in [0.05, 0.1) is 0 Å². The fourth-order valence-electron chi connectivity index (χ4n) is 1.34. The highest BCUT2D eigenvalue weighted by Crippen LogP contribution is 2.08. The minimum atomic E-state index is 0.120. The molecule has 0 aromatic heterocycles. The van der Waals surface area contributed by atoms with E-state index in [1.54, 1.807) is 0 Å². The molecule has 1 aromatic carbocycles. The molecule has 1 aromatic rings. The Balaban J connectivity index is -0.000000478. The van der Waals surface area contributed by atoms with Gasteiger partial charge in [-0.05, 0) is 33.4 Å². The van der Waals surface area contributed by atoms with Crippen LogP contribution in [0.5, 0.6) is 0 Å². The van der Waals surface area contributed by atoms with Gasteiger partial charge in [0.25, 0.3) is 0 Å². The van der Waals surface area contributed by atoms with Gasteiger partial charge >= 0.3 is 0 Å². The molecule has 1 rings (SSSR count). The largest absolute Gasteiger partial charge is 0.313 e. The van der Waals surface area contributed by atoms with Crippen LogP contribution in [0.25, 0.3) is 0 Å². The first-order valence-corrected chi connectivity index (χ1v) is 8.52. The van der Waals surface area contributed by atoms with Crippen LogP contribution in [0.15, 0.2) is 30.3 Å². The van der Waals surface area contributed by atoms with Gasteiger partial charge < -0.3 is 10.6 Å². The predicted molar refractivity (Wildman–Crippen MR) is 99.9 cm³/mol. The van der Waals surface area contributed by atoms with Crippen molar-refractivity contribution in [2.75, 3.05) is 7.05 Å². The fraction of sp³-hybridized carbons (Fsp3) is 0.684. The Hall–Kier alpha value is -0.860. The van der Waals surface area contributed by atoms with Crippen LogP contribution in [-0.2, 0) is 6.54 Å². The van der Waals surface area contributed by atoms with E-state index in [4.69, 9.17) is 0 Å². The quantitative estimate of drug-likeness (QED) is 0.776. The van der Waals surface area contributed by atoms with Gasteiger partial charge in [-0.25, -0.2) is 0 Å². The van der Waals surface area contributed by atoms with Crippen molar-refractivity contribution in [3.63, 3.8) is 0 Å². The number of hydrogen-bond acceptors (Lipinski definition) is 2. The van der Waals surface area contributed by atoms with Gasteiger partial charge in [0.1, 0.15) is 0 Å². The monoisotopic (exact) mass is 296 g/mol. The second-order valence-electron chi connectivity index (χ2n) is 4.56. The highest BCUT2D eigenvalue weighted by molar-refractivity contribution is 5.14.